The Morgan fingerprint density at radius 3 is 2.54 bits per heavy atom. The molecule has 39 heavy (non-hydrogen) atoms. The lowest BCUT2D eigenvalue weighted by Crippen LogP contribution is -2.59. The zero-order chi connectivity index (χ0) is 28.7. The lowest BCUT2D eigenvalue weighted by molar-refractivity contribution is -0.144. The van der Waals surface area contributed by atoms with Crippen molar-refractivity contribution >= 4 is 17.9 Å². The van der Waals surface area contributed by atoms with Gasteiger partial charge in [-0.3, -0.25) is 14.5 Å². The maximum atomic E-state index is 13.6. The lowest BCUT2D eigenvalue weighted by Gasteiger charge is -2.39. The first kappa shape index (κ1) is 28.7. The third kappa shape index (κ3) is 5.98. The van der Waals surface area contributed by atoms with Crippen LogP contribution in [0.3, 0.4) is 0 Å². The van der Waals surface area contributed by atoms with Gasteiger partial charge >= 0.3 is 12.3 Å². The quantitative estimate of drug-likeness (QED) is 0.583. The minimum Gasteiger partial charge on any atom is -0.444 e. The van der Waals surface area contributed by atoms with Gasteiger partial charge < -0.3 is 19.9 Å². The second kappa shape index (κ2) is 10.7. The van der Waals surface area contributed by atoms with E-state index in [9.17, 15) is 32.8 Å². The third-order valence-electron chi connectivity index (χ3n) is 7.54. The number of piperazine rings is 1. The average Bonchev–Trinajstić information content (AvgIpc) is 3.55. The molecule has 1 aromatic carbocycles. The van der Waals surface area contributed by atoms with E-state index in [0.717, 1.165) is 6.07 Å². The second-order valence-electron chi connectivity index (χ2n) is 11.4. The SMILES string of the molecule is CC(c1ccccc1C(F)(F)F)N1C(=O)C2CC1CN2CC(NC(=O)OC(C)(C)C)C(=O)N1CCCC1C#N. The van der Waals surface area contributed by atoms with Gasteiger partial charge in [-0.25, -0.2) is 4.79 Å². The minimum atomic E-state index is -4.55. The van der Waals surface area contributed by atoms with Gasteiger partial charge in [0.05, 0.1) is 23.7 Å². The first-order valence-electron chi connectivity index (χ1n) is 13.1. The molecular weight excluding hydrogens is 515 g/mol. The standard InChI is InChI=1S/C27H34F3N5O4/c1-16(19-9-5-6-10-20(19)27(28,29)30)35-18-12-22(24(35)37)33(14-18)15-21(32-25(38)39-26(2,3)4)23(36)34-11-7-8-17(34)13-31/h5-6,9-10,16-18,21-22H,7-8,11-12,14-15H2,1-4H3,(H,32,38). The fourth-order valence-corrected chi connectivity index (χ4v) is 5.90. The molecular formula is C27H34F3N5O4. The molecule has 3 heterocycles. The van der Waals surface area contributed by atoms with Crippen LogP contribution in [0.2, 0.25) is 0 Å². The Morgan fingerprint density at radius 1 is 1.23 bits per heavy atom. The van der Waals surface area contributed by atoms with Gasteiger partial charge in [-0.2, -0.15) is 18.4 Å². The summed E-state index contributed by atoms with van der Waals surface area (Å²) >= 11 is 0. The molecule has 3 aliphatic rings. The Kier molecular flexibility index (Phi) is 7.85. The zero-order valence-corrected chi connectivity index (χ0v) is 22.5. The van der Waals surface area contributed by atoms with Gasteiger partial charge in [-0.05, 0) is 58.6 Å². The first-order valence-corrected chi connectivity index (χ1v) is 13.1. The van der Waals surface area contributed by atoms with E-state index in [1.165, 1.54) is 28.0 Å². The van der Waals surface area contributed by atoms with Crippen molar-refractivity contribution in [1.82, 2.24) is 20.0 Å². The van der Waals surface area contributed by atoms with Crippen molar-refractivity contribution in [2.75, 3.05) is 19.6 Å². The number of nitrogens with one attached hydrogen (secondary N) is 1. The van der Waals surface area contributed by atoms with Crippen molar-refractivity contribution in [2.45, 2.75) is 88.9 Å². The Morgan fingerprint density at radius 2 is 1.92 bits per heavy atom. The summed E-state index contributed by atoms with van der Waals surface area (Å²) in [5, 5.41) is 12.1. The fraction of sp³-hybridized carbons (Fsp3) is 0.630. The number of alkyl halides is 3. The number of amides is 3. The van der Waals surface area contributed by atoms with E-state index >= 15 is 0 Å². The molecule has 3 fully saturated rings. The van der Waals surface area contributed by atoms with E-state index in [1.54, 1.807) is 32.6 Å². The summed E-state index contributed by atoms with van der Waals surface area (Å²) in [6.45, 7) is 7.43. The van der Waals surface area contributed by atoms with Crippen LogP contribution in [0.15, 0.2) is 24.3 Å². The van der Waals surface area contributed by atoms with E-state index in [4.69, 9.17) is 4.74 Å². The van der Waals surface area contributed by atoms with Crippen molar-refractivity contribution in [3.8, 4) is 6.07 Å². The van der Waals surface area contributed by atoms with Gasteiger partial charge in [0, 0.05) is 25.7 Å². The van der Waals surface area contributed by atoms with Crippen LogP contribution in [-0.2, 0) is 20.5 Å². The third-order valence-corrected chi connectivity index (χ3v) is 7.54. The number of hydrogen-bond acceptors (Lipinski definition) is 6. The predicted octanol–water partition coefficient (Wildman–Crippen LogP) is 3.46. The summed E-state index contributed by atoms with van der Waals surface area (Å²) in [6, 6.07) is 3.98. The molecule has 4 rings (SSSR count). The molecule has 212 valence electrons. The highest BCUT2D eigenvalue weighted by molar-refractivity contribution is 5.88. The Labute approximate surface area is 225 Å². The number of benzene rings is 1. The maximum absolute atomic E-state index is 13.6. The Balaban J connectivity index is 1.51. The monoisotopic (exact) mass is 549 g/mol. The predicted molar refractivity (Wildman–Crippen MR) is 134 cm³/mol. The van der Waals surface area contributed by atoms with E-state index in [0.29, 0.717) is 32.4 Å². The number of hydrogen-bond donors (Lipinski definition) is 1. The van der Waals surface area contributed by atoms with E-state index < -0.39 is 53.5 Å². The van der Waals surface area contributed by atoms with Crippen molar-refractivity contribution < 1.29 is 32.3 Å². The number of nitrogens with zero attached hydrogens (tertiary/aromatic N) is 4. The van der Waals surface area contributed by atoms with Crippen LogP contribution in [0.4, 0.5) is 18.0 Å². The molecule has 9 nitrogen and oxygen atoms in total. The summed E-state index contributed by atoms with van der Waals surface area (Å²) in [5.41, 5.74) is -1.53. The van der Waals surface area contributed by atoms with Crippen LogP contribution in [-0.4, -0.2) is 82.0 Å². The second-order valence-corrected chi connectivity index (χ2v) is 11.4. The number of likely N-dealkylation sites (tertiary alicyclic amines) is 3. The molecule has 0 aliphatic carbocycles. The number of fused-ring (bicyclic) bond motifs is 2. The number of carbonyl (C=O) groups excluding carboxylic acids is 3. The summed E-state index contributed by atoms with van der Waals surface area (Å²) in [5.74, 6) is -0.736. The topological polar surface area (TPSA) is 106 Å². The number of carbonyl (C=O) groups is 3. The number of nitriles is 1. The molecule has 2 bridgehead atoms. The van der Waals surface area contributed by atoms with Gasteiger partial charge in [0.2, 0.25) is 11.8 Å². The normalized spacial score (nSPS) is 25.0. The average molecular weight is 550 g/mol. The van der Waals surface area contributed by atoms with E-state index in [1.807, 2.05) is 0 Å². The summed E-state index contributed by atoms with van der Waals surface area (Å²) < 4.78 is 46.3. The molecule has 0 aromatic heterocycles. The van der Waals surface area contributed by atoms with Crippen LogP contribution >= 0.6 is 0 Å². The number of halogens is 3. The van der Waals surface area contributed by atoms with Crippen LogP contribution in [0.5, 0.6) is 0 Å². The number of ether oxygens (including phenoxy) is 1. The summed E-state index contributed by atoms with van der Waals surface area (Å²) in [6.07, 6.45) is -3.71. The van der Waals surface area contributed by atoms with Crippen LogP contribution in [0.25, 0.3) is 0 Å². The highest BCUT2D eigenvalue weighted by Crippen LogP contribution is 2.41. The van der Waals surface area contributed by atoms with Gasteiger partial charge in [-0.1, -0.05) is 18.2 Å². The highest BCUT2D eigenvalue weighted by atomic mass is 19.4. The van der Waals surface area contributed by atoms with Crippen LogP contribution in [0, 0.1) is 11.3 Å². The number of alkyl carbamates (subject to hydrolysis) is 1. The molecule has 0 radical (unpaired) electrons. The Bertz CT molecular complexity index is 1160. The van der Waals surface area contributed by atoms with Gasteiger partial charge in [0.15, 0.2) is 0 Å². The first-order chi connectivity index (χ1) is 18.2. The molecule has 3 saturated heterocycles. The molecule has 3 amide bonds. The molecule has 0 spiro atoms. The fourth-order valence-electron chi connectivity index (χ4n) is 5.90. The lowest BCUT2D eigenvalue weighted by atomic mass is 9.99. The molecule has 3 aliphatic heterocycles. The minimum absolute atomic E-state index is 0.0149. The molecule has 12 heteroatoms. The van der Waals surface area contributed by atoms with Gasteiger partial charge in [0.25, 0.3) is 0 Å². The smallest absolute Gasteiger partial charge is 0.416 e. The van der Waals surface area contributed by atoms with Gasteiger partial charge in [0.1, 0.15) is 17.7 Å². The zero-order valence-electron chi connectivity index (χ0n) is 22.5. The van der Waals surface area contributed by atoms with Gasteiger partial charge in [-0.15, -0.1) is 0 Å². The van der Waals surface area contributed by atoms with E-state index in [-0.39, 0.29) is 24.1 Å². The highest BCUT2D eigenvalue weighted by Gasteiger charge is 2.53. The summed E-state index contributed by atoms with van der Waals surface area (Å²) in [7, 11) is 0. The maximum Gasteiger partial charge on any atom is 0.416 e. The van der Waals surface area contributed by atoms with Crippen molar-refractivity contribution in [3.05, 3.63) is 35.4 Å². The van der Waals surface area contributed by atoms with Crippen molar-refractivity contribution in [3.63, 3.8) is 0 Å². The van der Waals surface area contributed by atoms with Crippen LogP contribution < -0.4 is 5.32 Å². The molecule has 5 atom stereocenters. The van der Waals surface area contributed by atoms with Crippen molar-refractivity contribution in [2.24, 2.45) is 0 Å². The molecule has 0 saturated carbocycles. The molecule has 1 aromatic rings. The van der Waals surface area contributed by atoms with Crippen molar-refractivity contribution in [1.29, 1.82) is 5.26 Å². The molecule has 5 unspecified atom stereocenters. The number of rotatable bonds is 6. The van der Waals surface area contributed by atoms with E-state index in [2.05, 4.69) is 11.4 Å². The Hall–Kier alpha value is -3.33. The summed E-state index contributed by atoms with van der Waals surface area (Å²) in [4.78, 5) is 44.2. The molecule has 1 N–H and O–H groups in total. The van der Waals surface area contributed by atoms with Crippen LogP contribution in [0.1, 0.15) is 64.1 Å². The largest absolute Gasteiger partial charge is 0.444 e.